The fraction of sp³-hybridized carbons (Fsp3) is 0.533. The van der Waals surface area contributed by atoms with Crippen molar-refractivity contribution in [2.45, 2.75) is 19.8 Å². The van der Waals surface area contributed by atoms with Crippen LogP contribution in [0, 0.1) is 11.1 Å². The van der Waals surface area contributed by atoms with E-state index >= 15 is 0 Å². The maximum atomic E-state index is 12.1. The summed E-state index contributed by atoms with van der Waals surface area (Å²) in [5.74, 6) is 1.18. The van der Waals surface area contributed by atoms with Crippen LogP contribution in [0.2, 0.25) is 0 Å². The first-order valence-corrected chi connectivity index (χ1v) is 7.39. The number of aliphatic imine (C=N–C) groups is 1. The van der Waals surface area contributed by atoms with E-state index in [0.717, 1.165) is 30.2 Å². The Morgan fingerprint density at radius 3 is 2.76 bits per heavy atom. The zero-order chi connectivity index (χ0) is 15.0. The summed E-state index contributed by atoms with van der Waals surface area (Å²) in [7, 11) is 4.00. The van der Waals surface area contributed by atoms with Gasteiger partial charge in [-0.05, 0) is 56.1 Å². The number of anilines is 2. The van der Waals surface area contributed by atoms with Crippen molar-refractivity contribution < 1.29 is 0 Å². The van der Waals surface area contributed by atoms with Crippen LogP contribution in [0.25, 0.3) is 0 Å². The van der Waals surface area contributed by atoms with E-state index in [9.17, 15) is 5.21 Å². The van der Waals surface area contributed by atoms with Gasteiger partial charge in [-0.3, -0.25) is 10.4 Å². The number of guanidine groups is 1. The van der Waals surface area contributed by atoms with E-state index in [1.54, 1.807) is 0 Å². The Labute approximate surface area is 125 Å². The van der Waals surface area contributed by atoms with E-state index < -0.39 is 0 Å². The highest BCUT2D eigenvalue weighted by Crippen LogP contribution is 2.36. The Balaban J connectivity index is 1.80. The van der Waals surface area contributed by atoms with E-state index in [1.807, 2.05) is 20.2 Å². The predicted octanol–water partition coefficient (Wildman–Crippen LogP) is 1.57. The largest absolute Gasteiger partial charge is 0.739 e. The summed E-state index contributed by atoms with van der Waals surface area (Å²) in [6.07, 6.45) is 2.14. The second-order valence-corrected chi connectivity index (χ2v) is 6.22. The average Bonchev–Trinajstić information content (AvgIpc) is 2.75. The minimum absolute atomic E-state index is 0.519. The maximum absolute atomic E-state index is 12.1. The molecule has 0 spiro atoms. The molecule has 0 radical (unpaired) electrons. The van der Waals surface area contributed by atoms with Gasteiger partial charge in [0.25, 0.3) is 0 Å². The standard InChI is InChI=1S/C15H22N5O/c1-10-6-11-8-13-14(9-12(11)7-10)20(21)18-15(17-13)16-4-5-19(2)3/h8-10H,4-7H2,1-3H3,(H2,16,17,18)/q-1. The van der Waals surface area contributed by atoms with Crippen LogP contribution >= 0.6 is 0 Å². The van der Waals surface area contributed by atoms with Gasteiger partial charge in [0.1, 0.15) is 0 Å². The quantitative estimate of drug-likeness (QED) is 0.884. The lowest BCUT2D eigenvalue weighted by Crippen LogP contribution is -2.46. The maximum Gasteiger partial charge on any atom is 0.214 e. The fourth-order valence-corrected chi connectivity index (χ4v) is 2.90. The molecule has 2 aliphatic rings. The minimum Gasteiger partial charge on any atom is -0.739 e. The molecule has 1 aliphatic heterocycles. The van der Waals surface area contributed by atoms with Crippen LogP contribution in [0.3, 0.4) is 0 Å². The molecule has 6 nitrogen and oxygen atoms in total. The molecule has 0 fully saturated rings. The van der Waals surface area contributed by atoms with Crippen molar-refractivity contribution in [2.24, 2.45) is 10.9 Å². The van der Waals surface area contributed by atoms with E-state index in [-0.39, 0.29) is 0 Å². The number of hydrazine groups is 1. The second-order valence-electron chi connectivity index (χ2n) is 6.22. The van der Waals surface area contributed by atoms with Crippen molar-refractivity contribution in [1.29, 1.82) is 0 Å². The highest BCUT2D eigenvalue weighted by atomic mass is 16.5. The first-order chi connectivity index (χ1) is 10.0. The molecule has 0 amide bonds. The molecule has 114 valence electrons. The lowest BCUT2D eigenvalue weighted by atomic mass is 10.1. The lowest BCUT2D eigenvalue weighted by Gasteiger charge is -2.38. The van der Waals surface area contributed by atoms with Crippen LogP contribution in [0.4, 0.5) is 11.4 Å². The van der Waals surface area contributed by atoms with Crippen LogP contribution in [-0.4, -0.2) is 38.0 Å². The second kappa shape index (κ2) is 5.54. The van der Waals surface area contributed by atoms with Gasteiger partial charge >= 0.3 is 0 Å². The number of fused-ring (bicyclic) bond motifs is 2. The van der Waals surface area contributed by atoms with Crippen molar-refractivity contribution in [2.75, 3.05) is 37.7 Å². The lowest BCUT2D eigenvalue weighted by molar-refractivity contribution is 0.420. The zero-order valence-electron chi connectivity index (χ0n) is 12.8. The van der Waals surface area contributed by atoms with E-state index in [2.05, 4.69) is 33.6 Å². The van der Waals surface area contributed by atoms with E-state index in [0.29, 0.717) is 24.1 Å². The summed E-state index contributed by atoms with van der Waals surface area (Å²) in [4.78, 5) is 6.45. The molecule has 1 aliphatic carbocycles. The highest BCUT2D eigenvalue weighted by Gasteiger charge is 2.23. The molecule has 0 aromatic heterocycles. The number of hydrogen-bond donors (Lipinski definition) is 2. The van der Waals surface area contributed by atoms with Crippen LogP contribution in [0.5, 0.6) is 0 Å². The molecule has 1 aromatic rings. The number of hydrogen-bond acceptors (Lipinski definition) is 4. The summed E-state index contributed by atoms with van der Waals surface area (Å²) in [5.41, 5.74) is 6.88. The first-order valence-electron chi connectivity index (χ1n) is 7.39. The summed E-state index contributed by atoms with van der Waals surface area (Å²) in [6, 6.07) is 4.10. The van der Waals surface area contributed by atoms with Crippen molar-refractivity contribution in [1.82, 2.24) is 10.3 Å². The molecule has 1 unspecified atom stereocenters. The van der Waals surface area contributed by atoms with Crippen molar-refractivity contribution in [3.05, 3.63) is 28.5 Å². The van der Waals surface area contributed by atoms with Crippen molar-refractivity contribution in [3.8, 4) is 0 Å². The number of nitrogens with one attached hydrogen (secondary N) is 2. The molecule has 2 N–H and O–H groups in total. The summed E-state index contributed by atoms with van der Waals surface area (Å²) in [5, 5.41) is 16.2. The summed E-state index contributed by atoms with van der Waals surface area (Å²) < 4.78 is 0. The molecular weight excluding hydrogens is 266 g/mol. The molecule has 0 bridgehead atoms. The minimum atomic E-state index is 0.519. The Morgan fingerprint density at radius 1 is 1.33 bits per heavy atom. The number of benzene rings is 1. The van der Waals surface area contributed by atoms with Gasteiger partial charge in [0.2, 0.25) is 5.96 Å². The predicted molar refractivity (Wildman–Crippen MR) is 86.5 cm³/mol. The third-order valence-corrected chi connectivity index (χ3v) is 3.95. The molecule has 1 aromatic carbocycles. The van der Waals surface area contributed by atoms with Gasteiger partial charge in [-0.25, -0.2) is 0 Å². The number of rotatable bonds is 3. The van der Waals surface area contributed by atoms with Crippen LogP contribution < -0.4 is 15.9 Å². The van der Waals surface area contributed by atoms with Gasteiger partial charge in [0.05, 0.1) is 17.9 Å². The van der Waals surface area contributed by atoms with Gasteiger partial charge in [0.15, 0.2) is 0 Å². The SMILES string of the molecule is CC1Cc2cc3c(cc2C1)N([O-])NC(=NCCN(C)C)N3. The molecular formula is C15H22N5O-. The molecule has 21 heavy (non-hydrogen) atoms. The molecule has 0 saturated heterocycles. The molecule has 0 saturated carbocycles. The third kappa shape index (κ3) is 2.96. The molecule has 1 atom stereocenters. The Bertz CT molecular complexity index is 569. The monoisotopic (exact) mass is 288 g/mol. The third-order valence-electron chi connectivity index (χ3n) is 3.95. The van der Waals surface area contributed by atoms with E-state index in [4.69, 9.17) is 0 Å². The summed E-state index contributed by atoms with van der Waals surface area (Å²) >= 11 is 0. The molecule has 1 heterocycles. The number of nitrogens with zero attached hydrogens (tertiary/aromatic N) is 3. The normalized spacial score (nSPS) is 22.0. The van der Waals surface area contributed by atoms with Crippen LogP contribution in [0.15, 0.2) is 17.1 Å². The van der Waals surface area contributed by atoms with Crippen molar-refractivity contribution in [3.63, 3.8) is 0 Å². The van der Waals surface area contributed by atoms with Crippen LogP contribution in [0.1, 0.15) is 18.1 Å². The van der Waals surface area contributed by atoms with Gasteiger partial charge in [0, 0.05) is 6.54 Å². The first kappa shape index (κ1) is 14.2. The summed E-state index contributed by atoms with van der Waals surface area (Å²) in [6.45, 7) is 3.74. The Morgan fingerprint density at radius 2 is 2.05 bits per heavy atom. The van der Waals surface area contributed by atoms with Crippen LogP contribution in [-0.2, 0) is 12.8 Å². The average molecular weight is 288 g/mol. The van der Waals surface area contributed by atoms with Gasteiger partial charge in [-0.15, -0.1) is 0 Å². The van der Waals surface area contributed by atoms with Gasteiger partial charge in [-0.1, -0.05) is 6.92 Å². The number of likely N-dealkylation sites (N-methyl/N-ethyl adjacent to an activating group) is 1. The van der Waals surface area contributed by atoms with E-state index in [1.165, 1.54) is 11.1 Å². The fourth-order valence-electron chi connectivity index (χ4n) is 2.90. The smallest absolute Gasteiger partial charge is 0.214 e. The van der Waals surface area contributed by atoms with Crippen molar-refractivity contribution >= 4 is 17.3 Å². The highest BCUT2D eigenvalue weighted by molar-refractivity contribution is 6.01. The Hall–Kier alpha value is -1.79. The zero-order valence-corrected chi connectivity index (χ0v) is 12.8. The van der Waals surface area contributed by atoms with Gasteiger partial charge in [-0.2, -0.15) is 0 Å². The Kier molecular flexibility index (Phi) is 3.73. The topological polar surface area (TPSA) is 66.0 Å². The molecule has 6 heteroatoms. The molecule has 3 rings (SSSR count). The van der Waals surface area contributed by atoms with Gasteiger partial charge < -0.3 is 20.6 Å².